The molecule has 1 N–H and O–H groups in total. The van der Waals surface area contributed by atoms with Gasteiger partial charge >= 0.3 is 0 Å². The SMILES string of the molecule is Cc1cc(N[C@@H]2COC[C@H]2CS(=O)(=O)N(C)C)nc(N2CCCC2)n1. The van der Waals surface area contributed by atoms with E-state index in [1.54, 1.807) is 14.1 Å². The molecule has 1 aromatic rings. The van der Waals surface area contributed by atoms with E-state index >= 15 is 0 Å². The Morgan fingerprint density at radius 3 is 2.68 bits per heavy atom. The van der Waals surface area contributed by atoms with Crippen molar-refractivity contribution in [1.82, 2.24) is 14.3 Å². The molecule has 2 fully saturated rings. The molecule has 9 heteroatoms. The van der Waals surface area contributed by atoms with Crippen LogP contribution in [-0.2, 0) is 14.8 Å². The lowest BCUT2D eigenvalue weighted by Crippen LogP contribution is -2.37. The number of rotatable bonds is 6. The van der Waals surface area contributed by atoms with Gasteiger partial charge in [0.15, 0.2) is 0 Å². The highest BCUT2D eigenvalue weighted by Gasteiger charge is 2.33. The molecule has 0 aliphatic carbocycles. The molecule has 140 valence electrons. The lowest BCUT2D eigenvalue weighted by Gasteiger charge is -2.22. The van der Waals surface area contributed by atoms with Crippen molar-refractivity contribution < 1.29 is 13.2 Å². The number of anilines is 2. The lowest BCUT2D eigenvalue weighted by atomic mass is 10.1. The summed E-state index contributed by atoms with van der Waals surface area (Å²) in [6, 6.07) is 1.82. The van der Waals surface area contributed by atoms with E-state index < -0.39 is 10.0 Å². The number of ether oxygens (including phenoxy) is 1. The maximum absolute atomic E-state index is 12.2. The summed E-state index contributed by atoms with van der Waals surface area (Å²) in [7, 11) is -0.145. The zero-order chi connectivity index (χ0) is 18.0. The van der Waals surface area contributed by atoms with Crippen LogP contribution in [0.1, 0.15) is 18.5 Å². The summed E-state index contributed by atoms with van der Waals surface area (Å²) < 4.78 is 31.1. The van der Waals surface area contributed by atoms with Crippen LogP contribution >= 0.6 is 0 Å². The first-order valence-electron chi connectivity index (χ1n) is 8.70. The van der Waals surface area contributed by atoms with Gasteiger partial charge in [0.2, 0.25) is 16.0 Å². The van der Waals surface area contributed by atoms with Gasteiger partial charge < -0.3 is 15.0 Å². The van der Waals surface area contributed by atoms with Gasteiger partial charge in [-0.25, -0.2) is 17.7 Å². The molecule has 2 aliphatic heterocycles. The quantitative estimate of drug-likeness (QED) is 0.790. The highest BCUT2D eigenvalue weighted by atomic mass is 32.2. The predicted molar refractivity (Wildman–Crippen MR) is 97.4 cm³/mol. The van der Waals surface area contributed by atoms with Gasteiger partial charge in [-0.2, -0.15) is 4.98 Å². The molecule has 2 saturated heterocycles. The Morgan fingerprint density at radius 2 is 2.00 bits per heavy atom. The molecule has 8 nitrogen and oxygen atoms in total. The second-order valence-corrected chi connectivity index (χ2v) is 9.23. The van der Waals surface area contributed by atoms with E-state index in [9.17, 15) is 8.42 Å². The van der Waals surface area contributed by atoms with Crippen molar-refractivity contribution in [2.75, 3.05) is 56.4 Å². The van der Waals surface area contributed by atoms with Crippen LogP contribution in [0.25, 0.3) is 0 Å². The first kappa shape index (κ1) is 18.3. The molecule has 0 unspecified atom stereocenters. The monoisotopic (exact) mass is 369 g/mol. The average Bonchev–Trinajstić information content (AvgIpc) is 3.19. The van der Waals surface area contributed by atoms with Crippen molar-refractivity contribution in [1.29, 1.82) is 0 Å². The average molecular weight is 369 g/mol. The first-order chi connectivity index (χ1) is 11.8. The highest BCUT2D eigenvalue weighted by Crippen LogP contribution is 2.23. The minimum Gasteiger partial charge on any atom is -0.379 e. The molecule has 0 saturated carbocycles. The van der Waals surface area contributed by atoms with Gasteiger partial charge in [-0.05, 0) is 19.8 Å². The van der Waals surface area contributed by atoms with Crippen LogP contribution in [0.15, 0.2) is 6.07 Å². The summed E-state index contributed by atoms with van der Waals surface area (Å²) in [5.74, 6) is 1.45. The predicted octanol–water partition coefficient (Wildman–Crippen LogP) is 0.704. The van der Waals surface area contributed by atoms with Gasteiger partial charge in [0.05, 0.1) is 25.0 Å². The van der Waals surface area contributed by atoms with Crippen LogP contribution in [0.4, 0.5) is 11.8 Å². The second kappa shape index (κ2) is 7.43. The van der Waals surface area contributed by atoms with E-state index in [1.807, 2.05) is 13.0 Å². The minimum absolute atomic E-state index is 0.0702. The third-order valence-electron chi connectivity index (χ3n) is 4.74. The summed E-state index contributed by atoms with van der Waals surface area (Å²) in [6.45, 7) is 4.84. The molecular weight excluding hydrogens is 342 g/mol. The third-order valence-corrected chi connectivity index (χ3v) is 6.71. The van der Waals surface area contributed by atoms with Crippen molar-refractivity contribution in [3.05, 3.63) is 11.8 Å². The van der Waals surface area contributed by atoms with E-state index in [0.29, 0.717) is 13.2 Å². The normalized spacial score (nSPS) is 24.2. The molecule has 2 aliphatic rings. The van der Waals surface area contributed by atoms with Crippen molar-refractivity contribution in [3.8, 4) is 0 Å². The maximum atomic E-state index is 12.2. The number of nitrogens with one attached hydrogen (secondary N) is 1. The Bertz CT molecular complexity index is 704. The summed E-state index contributed by atoms with van der Waals surface area (Å²) in [6.07, 6.45) is 2.34. The number of hydrogen-bond acceptors (Lipinski definition) is 7. The molecular formula is C16H27N5O3S. The zero-order valence-electron chi connectivity index (χ0n) is 15.1. The van der Waals surface area contributed by atoms with Crippen LogP contribution in [0.3, 0.4) is 0 Å². The molecule has 0 radical (unpaired) electrons. The van der Waals surface area contributed by atoms with Crippen molar-refractivity contribution >= 4 is 21.8 Å². The van der Waals surface area contributed by atoms with E-state index in [-0.39, 0.29) is 17.7 Å². The fraction of sp³-hybridized carbons (Fsp3) is 0.750. The van der Waals surface area contributed by atoms with Crippen molar-refractivity contribution in [3.63, 3.8) is 0 Å². The molecule has 25 heavy (non-hydrogen) atoms. The fourth-order valence-electron chi connectivity index (χ4n) is 3.22. The molecule has 1 aromatic heterocycles. The lowest BCUT2D eigenvalue weighted by molar-refractivity contribution is 0.187. The largest absolute Gasteiger partial charge is 0.379 e. The maximum Gasteiger partial charge on any atom is 0.227 e. The molecule has 0 aromatic carbocycles. The van der Waals surface area contributed by atoms with E-state index in [2.05, 4.69) is 20.2 Å². The Labute approximate surface area is 149 Å². The van der Waals surface area contributed by atoms with Gasteiger partial charge in [-0.15, -0.1) is 0 Å². The fourth-order valence-corrected chi connectivity index (χ4v) is 4.39. The van der Waals surface area contributed by atoms with E-state index in [1.165, 1.54) is 17.1 Å². The molecule has 0 amide bonds. The van der Waals surface area contributed by atoms with Crippen LogP contribution < -0.4 is 10.2 Å². The van der Waals surface area contributed by atoms with Crippen LogP contribution in [0, 0.1) is 12.8 Å². The topological polar surface area (TPSA) is 87.7 Å². The second-order valence-electron chi connectivity index (χ2n) is 7.00. The highest BCUT2D eigenvalue weighted by molar-refractivity contribution is 7.89. The molecule has 3 heterocycles. The van der Waals surface area contributed by atoms with Crippen LogP contribution in [-0.4, -0.2) is 74.9 Å². The van der Waals surface area contributed by atoms with Crippen molar-refractivity contribution in [2.45, 2.75) is 25.8 Å². The standard InChI is InChI=1S/C16H27N5O3S/c1-12-8-15(19-16(17-12)21-6-4-5-7-21)18-14-10-24-9-13(14)11-25(22,23)20(2)3/h8,13-14H,4-7,9-11H2,1-3H3,(H,17,18,19)/t13-,14+/m0/s1. The van der Waals surface area contributed by atoms with Gasteiger partial charge in [-0.3, -0.25) is 0 Å². The number of aryl methyl sites for hydroxylation is 1. The van der Waals surface area contributed by atoms with E-state index in [4.69, 9.17) is 4.74 Å². The minimum atomic E-state index is -3.26. The van der Waals surface area contributed by atoms with Gasteiger partial charge in [-0.1, -0.05) is 0 Å². The van der Waals surface area contributed by atoms with Crippen LogP contribution in [0.5, 0.6) is 0 Å². The molecule has 2 atom stereocenters. The Kier molecular flexibility index (Phi) is 5.45. The summed E-state index contributed by atoms with van der Waals surface area (Å²) in [4.78, 5) is 11.4. The van der Waals surface area contributed by atoms with Gasteiger partial charge in [0.1, 0.15) is 5.82 Å². The van der Waals surface area contributed by atoms with E-state index in [0.717, 1.165) is 30.5 Å². The molecule has 0 bridgehead atoms. The summed E-state index contributed by atoms with van der Waals surface area (Å²) in [5, 5.41) is 3.37. The Morgan fingerprint density at radius 1 is 1.28 bits per heavy atom. The number of sulfonamides is 1. The first-order valence-corrected chi connectivity index (χ1v) is 10.3. The Hall–Kier alpha value is -1.45. The van der Waals surface area contributed by atoms with Gasteiger partial charge in [0, 0.05) is 44.9 Å². The zero-order valence-corrected chi connectivity index (χ0v) is 15.9. The smallest absolute Gasteiger partial charge is 0.227 e. The molecule has 3 rings (SSSR count). The summed E-state index contributed by atoms with van der Waals surface area (Å²) >= 11 is 0. The molecule has 0 spiro atoms. The Balaban J connectivity index is 1.72. The number of aromatic nitrogens is 2. The number of hydrogen-bond donors (Lipinski definition) is 1. The third kappa shape index (κ3) is 4.39. The summed E-state index contributed by atoms with van der Waals surface area (Å²) in [5.41, 5.74) is 0.899. The van der Waals surface area contributed by atoms with Gasteiger partial charge in [0.25, 0.3) is 0 Å². The van der Waals surface area contributed by atoms with Crippen molar-refractivity contribution in [2.24, 2.45) is 5.92 Å². The number of nitrogens with zero attached hydrogens (tertiary/aromatic N) is 4. The van der Waals surface area contributed by atoms with Crippen LogP contribution in [0.2, 0.25) is 0 Å².